The summed E-state index contributed by atoms with van der Waals surface area (Å²) in [5, 5.41) is 11.3. The predicted octanol–water partition coefficient (Wildman–Crippen LogP) is 3.62. The van der Waals surface area contributed by atoms with Crippen molar-refractivity contribution in [1.29, 1.82) is 0 Å². The first-order valence-corrected chi connectivity index (χ1v) is 6.97. The average molecular weight is 276 g/mol. The van der Waals surface area contributed by atoms with E-state index in [2.05, 4.69) is 0 Å². The highest BCUT2D eigenvalue weighted by Crippen LogP contribution is 2.31. The normalized spacial score (nSPS) is 11.8. The van der Waals surface area contributed by atoms with Crippen molar-refractivity contribution in [3.05, 3.63) is 35.6 Å². The van der Waals surface area contributed by atoms with Crippen LogP contribution in [0.2, 0.25) is 0 Å². The minimum atomic E-state index is -0.838. The van der Waals surface area contributed by atoms with Crippen LogP contribution in [0.15, 0.2) is 28.7 Å². The summed E-state index contributed by atoms with van der Waals surface area (Å²) in [6.45, 7) is 5.97. The summed E-state index contributed by atoms with van der Waals surface area (Å²) >= 11 is 0. The van der Waals surface area contributed by atoms with Gasteiger partial charge in [-0.25, -0.2) is 4.79 Å². The molecule has 0 unspecified atom stereocenters. The van der Waals surface area contributed by atoms with Gasteiger partial charge in [-0.05, 0) is 43.5 Å². The topological polar surface area (TPSA) is 59.7 Å². The fourth-order valence-electron chi connectivity index (χ4n) is 2.29. The Balaban J connectivity index is 2.42. The molecule has 0 spiro atoms. The van der Waals surface area contributed by atoms with Crippen molar-refractivity contribution >= 4 is 16.9 Å². The third-order valence-electron chi connectivity index (χ3n) is 3.70. The van der Waals surface area contributed by atoms with E-state index in [9.17, 15) is 9.90 Å². The van der Waals surface area contributed by atoms with Gasteiger partial charge in [-0.2, -0.15) is 0 Å². The molecule has 4 nitrogen and oxygen atoms in total. The molecule has 0 aliphatic rings. The molecule has 0 saturated heterocycles. The largest absolute Gasteiger partial charge is 0.460 e. The summed E-state index contributed by atoms with van der Waals surface area (Å²) in [7, 11) is 0. The van der Waals surface area contributed by atoms with Gasteiger partial charge in [0.05, 0.1) is 12.2 Å². The van der Waals surface area contributed by atoms with Gasteiger partial charge in [0.2, 0.25) is 5.76 Å². The van der Waals surface area contributed by atoms with Gasteiger partial charge in [0, 0.05) is 5.39 Å². The van der Waals surface area contributed by atoms with E-state index >= 15 is 0 Å². The number of aliphatic hydroxyl groups is 1. The minimum absolute atomic E-state index is 0.190. The molecule has 1 N–H and O–H groups in total. The smallest absolute Gasteiger partial charge is 0.374 e. The van der Waals surface area contributed by atoms with Crippen LogP contribution in [-0.4, -0.2) is 17.7 Å². The summed E-state index contributed by atoms with van der Waals surface area (Å²) in [6, 6.07) is 7.15. The molecule has 0 radical (unpaired) electrons. The second kappa shape index (κ2) is 5.67. The number of ether oxygens (including phenoxy) is 1. The zero-order chi connectivity index (χ0) is 14.8. The first-order valence-electron chi connectivity index (χ1n) is 6.97. The number of furan rings is 1. The summed E-state index contributed by atoms with van der Waals surface area (Å²) in [6.07, 6.45) is 1.27. The number of carbonyl (C=O) groups is 1. The Morgan fingerprint density at radius 2 is 1.95 bits per heavy atom. The lowest BCUT2D eigenvalue weighted by atomic mass is 9.88. The number of esters is 1. The Labute approximate surface area is 118 Å². The van der Waals surface area contributed by atoms with Gasteiger partial charge in [0.1, 0.15) is 5.58 Å². The monoisotopic (exact) mass is 276 g/mol. The third kappa shape index (κ3) is 2.56. The van der Waals surface area contributed by atoms with Gasteiger partial charge in [-0.1, -0.05) is 19.9 Å². The summed E-state index contributed by atoms with van der Waals surface area (Å²) in [5.41, 5.74) is 0.618. The van der Waals surface area contributed by atoms with Crippen LogP contribution in [0.4, 0.5) is 0 Å². The maximum atomic E-state index is 11.6. The molecule has 0 fully saturated rings. The predicted molar refractivity (Wildman–Crippen MR) is 76.6 cm³/mol. The molecule has 1 aromatic carbocycles. The van der Waals surface area contributed by atoms with E-state index in [1.165, 1.54) is 0 Å². The van der Waals surface area contributed by atoms with Gasteiger partial charge < -0.3 is 14.3 Å². The van der Waals surface area contributed by atoms with Crippen LogP contribution in [0.25, 0.3) is 11.0 Å². The van der Waals surface area contributed by atoms with E-state index in [1.54, 1.807) is 19.1 Å². The number of hydrogen-bond donors (Lipinski definition) is 1. The van der Waals surface area contributed by atoms with Crippen LogP contribution in [0, 0.1) is 0 Å². The molecule has 0 bridgehead atoms. The van der Waals surface area contributed by atoms with Crippen molar-refractivity contribution < 1.29 is 19.1 Å². The average Bonchev–Trinajstić information content (AvgIpc) is 2.89. The highest BCUT2D eigenvalue weighted by atomic mass is 16.5. The first-order chi connectivity index (χ1) is 9.54. The maximum absolute atomic E-state index is 11.6. The van der Waals surface area contributed by atoms with Gasteiger partial charge in [0.25, 0.3) is 0 Å². The number of hydrogen-bond acceptors (Lipinski definition) is 4. The zero-order valence-electron chi connectivity index (χ0n) is 12.1. The van der Waals surface area contributed by atoms with Gasteiger partial charge in [-0.3, -0.25) is 0 Å². The Kier molecular flexibility index (Phi) is 4.14. The third-order valence-corrected chi connectivity index (χ3v) is 3.70. The Morgan fingerprint density at radius 3 is 2.55 bits per heavy atom. The molecular formula is C16H20O4. The highest BCUT2D eigenvalue weighted by Gasteiger charge is 2.25. The summed E-state index contributed by atoms with van der Waals surface area (Å²) < 4.78 is 10.4. The van der Waals surface area contributed by atoms with E-state index in [4.69, 9.17) is 9.15 Å². The number of fused-ring (bicyclic) bond motifs is 1. The summed E-state index contributed by atoms with van der Waals surface area (Å²) in [5.74, 6) is -0.276. The van der Waals surface area contributed by atoms with Crippen molar-refractivity contribution in [3.63, 3.8) is 0 Å². The first kappa shape index (κ1) is 14.6. The van der Waals surface area contributed by atoms with Crippen LogP contribution >= 0.6 is 0 Å². The van der Waals surface area contributed by atoms with E-state index < -0.39 is 11.6 Å². The molecule has 2 rings (SSSR count). The molecular weight excluding hydrogens is 256 g/mol. The Morgan fingerprint density at radius 1 is 1.25 bits per heavy atom. The van der Waals surface area contributed by atoms with Crippen LogP contribution in [0.3, 0.4) is 0 Å². The lowest BCUT2D eigenvalue weighted by molar-refractivity contribution is 0.0285. The lowest BCUT2D eigenvalue weighted by Gasteiger charge is -2.25. The molecule has 0 saturated carbocycles. The highest BCUT2D eigenvalue weighted by molar-refractivity contribution is 5.92. The summed E-state index contributed by atoms with van der Waals surface area (Å²) in [4.78, 5) is 11.6. The molecule has 108 valence electrons. The Hall–Kier alpha value is -1.81. The van der Waals surface area contributed by atoms with E-state index in [0.717, 1.165) is 10.9 Å². The maximum Gasteiger partial charge on any atom is 0.374 e. The fraction of sp³-hybridized carbons (Fsp3) is 0.438. The van der Waals surface area contributed by atoms with Crippen LogP contribution in [-0.2, 0) is 10.3 Å². The van der Waals surface area contributed by atoms with Gasteiger partial charge in [-0.15, -0.1) is 0 Å². The zero-order valence-corrected chi connectivity index (χ0v) is 12.1. The van der Waals surface area contributed by atoms with Crippen molar-refractivity contribution in [1.82, 2.24) is 0 Å². The molecule has 4 heteroatoms. The standard InChI is InChI=1S/C16H20O4/c1-4-16(18,5-2)12-7-8-13-11(9-12)10-14(20-13)15(17)19-6-3/h7-10,18H,4-6H2,1-3H3. The molecule has 0 atom stereocenters. The molecule has 0 aliphatic carbocycles. The van der Waals surface area contributed by atoms with Crippen LogP contribution in [0.5, 0.6) is 0 Å². The molecule has 0 aliphatic heterocycles. The quantitative estimate of drug-likeness (QED) is 0.847. The molecule has 1 heterocycles. The van der Waals surface area contributed by atoms with Gasteiger partial charge in [0.15, 0.2) is 0 Å². The van der Waals surface area contributed by atoms with Gasteiger partial charge >= 0.3 is 5.97 Å². The molecule has 20 heavy (non-hydrogen) atoms. The molecule has 2 aromatic rings. The number of benzene rings is 1. The van der Waals surface area contributed by atoms with Crippen molar-refractivity contribution in [3.8, 4) is 0 Å². The van der Waals surface area contributed by atoms with E-state index in [-0.39, 0.29) is 5.76 Å². The SMILES string of the molecule is CCOC(=O)c1cc2cc(C(O)(CC)CC)ccc2o1. The number of rotatable bonds is 5. The second-order valence-corrected chi connectivity index (χ2v) is 4.82. The van der Waals surface area contributed by atoms with E-state index in [1.807, 2.05) is 26.0 Å². The molecule has 0 amide bonds. The van der Waals surface area contributed by atoms with Crippen molar-refractivity contribution in [2.75, 3.05) is 6.61 Å². The van der Waals surface area contributed by atoms with E-state index in [0.29, 0.717) is 25.0 Å². The van der Waals surface area contributed by atoms with Crippen LogP contribution in [0.1, 0.15) is 49.7 Å². The Bertz CT molecular complexity index is 608. The molecule has 1 aromatic heterocycles. The van der Waals surface area contributed by atoms with Crippen molar-refractivity contribution in [2.45, 2.75) is 39.2 Å². The number of carbonyl (C=O) groups excluding carboxylic acids is 1. The minimum Gasteiger partial charge on any atom is -0.460 e. The van der Waals surface area contributed by atoms with Crippen LogP contribution < -0.4 is 0 Å². The lowest BCUT2D eigenvalue weighted by Crippen LogP contribution is -2.23. The fourth-order valence-corrected chi connectivity index (χ4v) is 2.29. The van der Waals surface area contributed by atoms with Crippen molar-refractivity contribution in [2.24, 2.45) is 0 Å². The second-order valence-electron chi connectivity index (χ2n) is 4.82.